The molecule has 2 aromatic rings. The van der Waals surface area contributed by atoms with Crippen molar-refractivity contribution in [1.29, 1.82) is 0 Å². The maximum Gasteiger partial charge on any atom is 0.158 e. The highest BCUT2D eigenvalue weighted by Gasteiger charge is 2.38. The number of aromatic nitrogens is 1. The van der Waals surface area contributed by atoms with Crippen LogP contribution < -0.4 is 5.32 Å². The van der Waals surface area contributed by atoms with Crippen LogP contribution in [0.15, 0.2) is 30.3 Å². The summed E-state index contributed by atoms with van der Waals surface area (Å²) in [5.41, 5.74) is 1.33. The van der Waals surface area contributed by atoms with Crippen LogP contribution in [-0.2, 0) is 11.3 Å². The SMILES string of the molecule is FC1(COC2CCN(Cc3cc4ccccc4[nH]3)CC2)CNC1. The number of rotatable bonds is 5. The van der Waals surface area contributed by atoms with Gasteiger partial charge in [0.1, 0.15) is 0 Å². The second-order valence-corrected chi connectivity index (χ2v) is 6.92. The number of benzene rings is 1. The second-order valence-electron chi connectivity index (χ2n) is 6.92. The maximum atomic E-state index is 13.9. The molecule has 0 unspecified atom stereocenters. The first-order valence-corrected chi connectivity index (χ1v) is 8.50. The Morgan fingerprint density at radius 2 is 2.00 bits per heavy atom. The Bertz CT molecular complexity index is 626. The molecule has 1 aromatic heterocycles. The number of likely N-dealkylation sites (tertiary alicyclic amines) is 1. The molecule has 5 heteroatoms. The zero-order chi connectivity index (χ0) is 15.7. The molecule has 0 aliphatic carbocycles. The van der Waals surface area contributed by atoms with E-state index >= 15 is 0 Å². The van der Waals surface area contributed by atoms with Gasteiger partial charge < -0.3 is 15.0 Å². The monoisotopic (exact) mass is 317 g/mol. The van der Waals surface area contributed by atoms with Gasteiger partial charge in [0, 0.05) is 43.9 Å². The number of aromatic amines is 1. The van der Waals surface area contributed by atoms with Crippen molar-refractivity contribution in [2.24, 2.45) is 0 Å². The minimum absolute atomic E-state index is 0.210. The van der Waals surface area contributed by atoms with Crippen LogP contribution in [0.4, 0.5) is 4.39 Å². The van der Waals surface area contributed by atoms with E-state index in [0.29, 0.717) is 13.1 Å². The predicted molar refractivity (Wildman–Crippen MR) is 89.3 cm³/mol. The number of nitrogens with one attached hydrogen (secondary N) is 2. The fourth-order valence-electron chi connectivity index (χ4n) is 3.46. The fraction of sp³-hybridized carbons (Fsp3) is 0.556. The third-order valence-corrected chi connectivity index (χ3v) is 4.98. The van der Waals surface area contributed by atoms with Gasteiger partial charge in [-0.1, -0.05) is 18.2 Å². The largest absolute Gasteiger partial charge is 0.375 e. The van der Waals surface area contributed by atoms with E-state index < -0.39 is 5.67 Å². The molecule has 3 heterocycles. The van der Waals surface area contributed by atoms with Gasteiger partial charge in [-0.3, -0.25) is 4.90 Å². The van der Waals surface area contributed by atoms with Crippen LogP contribution in [0.2, 0.25) is 0 Å². The molecule has 2 saturated heterocycles. The van der Waals surface area contributed by atoms with E-state index in [2.05, 4.69) is 45.5 Å². The Balaban J connectivity index is 1.26. The van der Waals surface area contributed by atoms with E-state index in [4.69, 9.17) is 4.74 Å². The van der Waals surface area contributed by atoms with Gasteiger partial charge in [0.25, 0.3) is 0 Å². The van der Waals surface area contributed by atoms with Crippen molar-refractivity contribution in [1.82, 2.24) is 15.2 Å². The lowest BCUT2D eigenvalue weighted by molar-refractivity contribution is -0.0680. The molecule has 4 nitrogen and oxygen atoms in total. The van der Waals surface area contributed by atoms with Gasteiger partial charge in [0.05, 0.1) is 12.7 Å². The lowest BCUT2D eigenvalue weighted by Crippen LogP contribution is -2.59. The Hall–Kier alpha value is -1.43. The molecule has 2 aliphatic rings. The molecule has 0 saturated carbocycles. The molecular formula is C18H24FN3O. The van der Waals surface area contributed by atoms with Crippen LogP contribution in [0.5, 0.6) is 0 Å². The summed E-state index contributed by atoms with van der Waals surface area (Å²) >= 11 is 0. The van der Waals surface area contributed by atoms with E-state index in [1.807, 2.05) is 0 Å². The number of para-hydroxylation sites is 1. The van der Waals surface area contributed by atoms with E-state index in [1.165, 1.54) is 16.6 Å². The summed E-state index contributed by atoms with van der Waals surface area (Å²) in [5.74, 6) is 0. The highest BCUT2D eigenvalue weighted by atomic mass is 19.1. The fourth-order valence-corrected chi connectivity index (χ4v) is 3.46. The van der Waals surface area contributed by atoms with E-state index in [9.17, 15) is 4.39 Å². The Labute approximate surface area is 136 Å². The quantitative estimate of drug-likeness (QED) is 0.890. The van der Waals surface area contributed by atoms with Crippen molar-refractivity contribution in [3.05, 3.63) is 36.0 Å². The standard InChI is InChI=1S/C18H24FN3O/c19-18(11-20-12-18)13-23-16-5-7-22(8-6-16)10-15-9-14-3-1-2-4-17(14)21-15/h1-4,9,16,20-21H,5-8,10-13H2. The number of piperidine rings is 1. The summed E-state index contributed by atoms with van der Waals surface area (Å²) in [4.78, 5) is 5.93. The number of H-pyrrole nitrogens is 1. The molecular weight excluding hydrogens is 293 g/mol. The molecule has 0 atom stereocenters. The number of nitrogens with zero attached hydrogens (tertiary/aromatic N) is 1. The molecule has 0 bridgehead atoms. The molecule has 2 aliphatic heterocycles. The highest BCUT2D eigenvalue weighted by Crippen LogP contribution is 2.22. The van der Waals surface area contributed by atoms with Crippen LogP contribution in [0.25, 0.3) is 10.9 Å². The molecule has 23 heavy (non-hydrogen) atoms. The van der Waals surface area contributed by atoms with Crippen LogP contribution in [-0.4, -0.2) is 54.4 Å². The summed E-state index contributed by atoms with van der Waals surface area (Å²) < 4.78 is 19.7. The normalized spacial score (nSPS) is 22.3. The van der Waals surface area contributed by atoms with Gasteiger partial charge in [-0.25, -0.2) is 4.39 Å². The van der Waals surface area contributed by atoms with Crippen LogP contribution in [0, 0.1) is 0 Å². The predicted octanol–water partition coefficient (Wildman–Crippen LogP) is 2.46. The first-order valence-electron chi connectivity index (χ1n) is 8.50. The third kappa shape index (κ3) is 3.42. The van der Waals surface area contributed by atoms with Crippen molar-refractivity contribution >= 4 is 10.9 Å². The van der Waals surface area contributed by atoms with Crippen molar-refractivity contribution in [2.45, 2.75) is 31.2 Å². The van der Waals surface area contributed by atoms with Gasteiger partial charge >= 0.3 is 0 Å². The minimum atomic E-state index is -1.12. The Morgan fingerprint density at radius 1 is 1.22 bits per heavy atom. The summed E-state index contributed by atoms with van der Waals surface area (Å²) in [7, 11) is 0. The zero-order valence-corrected chi connectivity index (χ0v) is 13.4. The Morgan fingerprint density at radius 3 is 2.70 bits per heavy atom. The number of alkyl halides is 1. The topological polar surface area (TPSA) is 40.3 Å². The number of fused-ring (bicyclic) bond motifs is 1. The third-order valence-electron chi connectivity index (χ3n) is 4.98. The van der Waals surface area contributed by atoms with Crippen molar-refractivity contribution < 1.29 is 9.13 Å². The van der Waals surface area contributed by atoms with Crippen LogP contribution >= 0.6 is 0 Å². The summed E-state index contributed by atoms with van der Waals surface area (Å²) in [6.07, 6.45) is 2.19. The lowest BCUT2D eigenvalue weighted by Gasteiger charge is -2.37. The number of hydrogen-bond acceptors (Lipinski definition) is 3. The molecule has 0 amide bonds. The van der Waals surface area contributed by atoms with Crippen LogP contribution in [0.1, 0.15) is 18.5 Å². The smallest absolute Gasteiger partial charge is 0.158 e. The van der Waals surface area contributed by atoms with Gasteiger partial charge in [-0.2, -0.15) is 0 Å². The summed E-state index contributed by atoms with van der Waals surface area (Å²) in [6, 6.07) is 10.6. The first-order chi connectivity index (χ1) is 11.2. The number of halogens is 1. The average Bonchev–Trinajstić information content (AvgIpc) is 2.94. The van der Waals surface area contributed by atoms with Gasteiger partial charge in [-0.15, -0.1) is 0 Å². The summed E-state index contributed by atoms with van der Waals surface area (Å²) in [6.45, 7) is 4.08. The lowest BCUT2D eigenvalue weighted by atomic mass is 10.0. The van der Waals surface area contributed by atoms with Crippen molar-refractivity contribution in [3.63, 3.8) is 0 Å². The first kappa shape index (κ1) is 15.1. The molecule has 4 rings (SSSR count). The zero-order valence-electron chi connectivity index (χ0n) is 13.4. The molecule has 0 radical (unpaired) electrons. The van der Waals surface area contributed by atoms with E-state index in [1.54, 1.807) is 0 Å². The average molecular weight is 317 g/mol. The van der Waals surface area contributed by atoms with Gasteiger partial charge in [-0.05, 0) is 30.4 Å². The van der Waals surface area contributed by atoms with Crippen LogP contribution in [0.3, 0.4) is 0 Å². The molecule has 0 spiro atoms. The second kappa shape index (κ2) is 6.23. The van der Waals surface area contributed by atoms with Crippen molar-refractivity contribution in [3.8, 4) is 0 Å². The molecule has 2 N–H and O–H groups in total. The van der Waals surface area contributed by atoms with E-state index in [0.717, 1.165) is 32.5 Å². The highest BCUT2D eigenvalue weighted by molar-refractivity contribution is 5.80. The van der Waals surface area contributed by atoms with Crippen molar-refractivity contribution in [2.75, 3.05) is 32.8 Å². The minimum Gasteiger partial charge on any atom is -0.375 e. The molecule has 124 valence electrons. The molecule has 1 aromatic carbocycles. The van der Waals surface area contributed by atoms with E-state index in [-0.39, 0.29) is 12.7 Å². The van der Waals surface area contributed by atoms with Gasteiger partial charge in [0.15, 0.2) is 5.67 Å². The summed E-state index contributed by atoms with van der Waals surface area (Å²) in [5, 5.41) is 4.23. The number of ether oxygens (including phenoxy) is 1. The Kier molecular flexibility index (Phi) is 4.09. The van der Waals surface area contributed by atoms with Gasteiger partial charge in [0.2, 0.25) is 0 Å². The molecule has 2 fully saturated rings. The maximum absolute atomic E-state index is 13.9. The number of hydrogen-bond donors (Lipinski definition) is 2.